The molecule has 1 aliphatic heterocycles. The van der Waals surface area contributed by atoms with Crippen LogP contribution in [-0.4, -0.2) is 36.7 Å². The minimum Gasteiger partial charge on any atom is -0.484 e. The Morgan fingerprint density at radius 1 is 1.18 bits per heavy atom. The first-order valence-corrected chi connectivity index (χ1v) is 10.2. The normalized spacial score (nSPS) is 16.2. The molecule has 1 heterocycles. The van der Waals surface area contributed by atoms with Gasteiger partial charge >= 0.3 is 0 Å². The van der Waals surface area contributed by atoms with Crippen LogP contribution in [0.4, 0.5) is 0 Å². The van der Waals surface area contributed by atoms with Crippen molar-refractivity contribution in [3.63, 3.8) is 0 Å². The number of benzene rings is 2. The maximum atomic E-state index is 12.9. The van der Waals surface area contributed by atoms with Crippen LogP contribution < -0.4 is 4.74 Å². The minimum atomic E-state index is -0.0975. The largest absolute Gasteiger partial charge is 0.484 e. The first-order valence-electron chi connectivity index (χ1n) is 9.45. The molecule has 0 N–H and O–H groups in total. The van der Waals surface area contributed by atoms with E-state index in [-0.39, 0.29) is 18.6 Å². The number of aryl methyl sites for hydroxylation is 2. The number of nitrogens with zero attached hydrogens (tertiary/aromatic N) is 1. The van der Waals surface area contributed by atoms with E-state index in [1.807, 2.05) is 38.1 Å². The molecule has 2 aromatic carbocycles. The lowest BCUT2D eigenvalue weighted by Gasteiger charge is -2.26. The SMILES string of the molecule is Cc1ccc(OCC(=O)N(Cc2ccc(Cl)cc2Cl)CC2CCCO2)cc1C. The molecule has 4 nitrogen and oxygen atoms in total. The summed E-state index contributed by atoms with van der Waals surface area (Å²) in [5.41, 5.74) is 3.17. The lowest BCUT2D eigenvalue weighted by atomic mass is 10.1. The van der Waals surface area contributed by atoms with Gasteiger partial charge in [0.15, 0.2) is 6.61 Å². The smallest absolute Gasteiger partial charge is 0.260 e. The predicted octanol–water partition coefficient (Wildman–Crippen LogP) is 5.20. The average molecular weight is 422 g/mol. The van der Waals surface area contributed by atoms with Crippen LogP contribution in [0.25, 0.3) is 0 Å². The first-order chi connectivity index (χ1) is 13.4. The van der Waals surface area contributed by atoms with E-state index >= 15 is 0 Å². The maximum absolute atomic E-state index is 12.9. The number of rotatable bonds is 7. The Labute approximate surface area is 176 Å². The molecular weight excluding hydrogens is 397 g/mol. The van der Waals surface area contributed by atoms with Crippen LogP contribution >= 0.6 is 23.2 Å². The Bertz CT molecular complexity index is 835. The highest BCUT2D eigenvalue weighted by molar-refractivity contribution is 6.35. The number of carbonyl (C=O) groups is 1. The average Bonchev–Trinajstić information content (AvgIpc) is 3.17. The van der Waals surface area contributed by atoms with Gasteiger partial charge in [-0.15, -0.1) is 0 Å². The number of carbonyl (C=O) groups excluding carboxylic acids is 1. The van der Waals surface area contributed by atoms with E-state index < -0.39 is 0 Å². The molecule has 2 aromatic rings. The summed E-state index contributed by atoms with van der Waals surface area (Å²) < 4.78 is 11.5. The fourth-order valence-corrected chi connectivity index (χ4v) is 3.65. The zero-order chi connectivity index (χ0) is 20.1. The van der Waals surface area contributed by atoms with Crippen LogP contribution in [-0.2, 0) is 16.1 Å². The van der Waals surface area contributed by atoms with Gasteiger partial charge in [0, 0.05) is 29.7 Å². The van der Waals surface area contributed by atoms with Crippen molar-refractivity contribution in [2.45, 2.75) is 39.3 Å². The summed E-state index contributed by atoms with van der Waals surface area (Å²) >= 11 is 12.3. The third kappa shape index (κ3) is 5.63. The third-order valence-corrected chi connectivity index (χ3v) is 5.60. The predicted molar refractivity (Wildman–Crippen MR) is 112 cm³/mol. The first kappa shape index (κ1) is 21.0. The number of hydrogen-bond donors (Lipinski definition) is 0. The zero-order valence-electron chi connectivity index (χ0n) is 16.2. The molecule has 0 radical (unpaired) electrons. The van der Waals surface area contributed by atoms with Crippen LogP contribution in [0.3, 0.4) is 0 Å². The molecule has 28 heavy (non-hydrogen) atoms. The van der Waals surface area contributed by atoms with E-state index in [1.54, 1.807) is 17.0 Å². The second-order valence-corrected chi connectivity index (χ2v) is 8.02. The lowest BCUT2D eigenvalue weighted by molar-refractivity contribution is -0.135. The molecule has 1 fully saturated rings. The van der Waals surface area contributed by atoms with E-state index in [0.29, 0.717) is 28.9 Å². The Balaban J connectivity index is 1.69. The van der Waals surface area contributed by atoms with Crippen molar-refractivity contribution in [2.24, 2.45) is 0 Å². The molecule has 0 bridgehead atoms. The van der Waals surface area contributed by atoms with Crippen LogP contribution in [0.5, 0.6) is 5.75 Å². The maximum Gasteiger partial charge on any atom is 0.260 e. The standard InChI is InChI=1S/C22H25Cl2NO3/c1-15-5-8-19(10-16(15)2)28-14-22(26)25(13-20-4-3-9-27-20)12-17-6-7-18(23)11-21(17)24/h5-8,10-11,20H,3-4,9,12-14H2,1-2H3. The Hall–Kier alpha value is -1.75. The number of ether oxygens (including phenoxy) is 2. The fourth-order valence-electron chi connectivity index (χ4n) is 3.18. The molecule has 150 valence electrons. The number of halogens is 2. The van der Waals surface area contributed by atoms with Crippen LogP contribution in [0.1, 0.15) is 29.5 Å². The summed E-state index contributed by atoms with van der Waals surface area (Å²) in [6, 6.07) is 11.2. The van der Waals surface area contributed by atoms with Gasteiger partial charge in [0.05, 0.1) is 6.10 Å². The Kier molecular flexibility index (Phi) is 7.22. The van der Waals surface area contributed by atoms with Crippen molar-refractivity contribution >= 4 is 29.1 Å². The quantitative estimate of drug-likeness (QED) is 0.616. The van der Waals surface area contributed by atoms with Gasteiger partial charge in [0.2, 0.25) is 0 Å². The van der Waals surface area contributed by atoms with Crippen LogP contribution in [0.2, 0.25) is 10.0 Å². The summed E-state index contributed by atoms with van der Waals surface area (Å²) in [4.78, 5) is 14.7. The van der Waals surface area contributed by atoms with Crippen molar-refractivity contribution in [3.8, 4) is 5.75 Å². The third-order valence-electron chi connectivity index (χ3n) is 5.02. The van der Waals surface area contributed by atoms with Gasteiger partial charge in [-0.2, -0.15) is 0 Å². The van der Waals surface area contributed by atoms with E-state index in [9.17, 15) is 4.79 Å². The monoisotopic (exact) mass is 421 g/mol. The lowest BCUT2D eigenvalue weighted by Crippen LogP contribution is -2.39. The van der Waals surface area contributed by atoms with Crippen molar-refractivity contribution in [1.29, 1.82) is 0 Å². The molecule has 0 spiro atoms. The molecule has 6 heteroatoms. The van der Waals surface area contributed by atoms with Gasteiger partial charge in [-0.25, -0.2) is 0 Å². The van der Waals surface area contributed by atoms with Gasteiger partial charge in [0.1, 0.15) is 5.75 Å². The second-order valence-electron chi connectivity index (χ2n) is 7.18. The summed E-state index contributed by atoms with van der Waals surface area (Å²) in [6.45, 7) is 5.70. The van der Waals surface area contributed by atoms with Crippen LogP contribution in [0.15, 0.2) is 36.4 Å². The molecule has 1 unspecified atom stereocenters. The summed E-state index contributed by atoms with van der Waals surface area (Å²) in [7, 11) is 0. The second kappa shape index (κ2) is 9.64. The summed E-state index contributed by atoms with van der Waals surface area (Å²) in [5.74, 6) is 0.595. The molecule has 1 aliphatic rings. The van der Waals surface area contributed by atoms with Gasteiger partial charge in [0.25, 0.3) is 5.91 Å². The molecule has 1 atom stereocenters. The van der Waals surface area contributed by atoms with Crippen LogP contribution in [0, 0.1) is 13.8 Å². The van der Waals surface area contributed by atoms with E-state index in [2.05, 4.69) is 0 Å². The van der Waals surface area contributed by atoms with Gasteiger partial charge < -0.3 is 14.4 Å². The Morgan fingerprint density at radius 3 is 2.68 bits per heavy atom. The molecule has 1 amide bonds. The number of hydrogen-bond acceptors (Lipinski definition) is 3. The van der Waals surface area contributed by atoms with E-state index in [1.165, 1.54) is 5.56 Å². The van der Waals surface area contributed by atoms with Crippen molar-refractivity contribution in [3.05, 3.63) is 63.1 Å². The molecule has 1 saturated heterocycles. The highest BCUT2D eigenvalue weighted by atomic mass is 35.5. The number of amides is 1. The topological polar surface area (TPSA) is 38.8 Å². The fraction of sp³-hybridized carbons (Fsp3) is 0.409. The van der Waals surface area contributed by atoms with E-state index in [0.717, 1.165) is 30.6 Å². The van der Waals surface area contributed by atoms with Gasteiger partial charge in [-0.1, -0.05) is 35.3 Å². The van der Waals surface area contributed by atoms with Crippen molar-refractivity contribution < 1.29 is 14.3 Å². The minimum absolute atomic E-state index is 0.0274. The molecule has 0 aromatic heterocycles. The van der Waals surface area contributed by atoms with E-state index in [4.69, 9.17) is 32.7 Å². The summed E-state index contributed by atoms with van der Waals surface area (Å²) in [6.07, 6.45) is 2.03. The highest BCUT2D eigenvalue weighted by Crippen LogP contribution is 2.24. The van der Waals surface area contributed by atoms with Crippen molar-refractivity contribution in [1.82, 2.24) is 4.90 Å². The van der Waals surface area contributed by atoms with Crippen molar-refractivity contribution in [2.75, 3.05) is 19.8 Å². The van der Waals surface area contributed by atoms with Gasteiger partial charge in [-0.05, 0) is 67.6 Å². The molecule has 0 saturated carbocycles. The summed E-state index contributed by atoms with van der Waals surface area (Å²) in [5, 5.41) is 1.12. The Morgan fingerprint density at radius 2 is 2.00 bits per heavy atom. The highest BCUT2D eigenvalue weighted by Gasteiger charge is 2.24. The molecule has 0 aliphatic carbocycles. The zero-order valence-corrected chi connectivity index (χ0v) is 17.7. The van der Waals surface area contributed by atoms with Gasteiger partial charge in [-0.3, -0.25) is 4.79 Å². The molecule has 3 rings (SSSR count). The molecular formula is C22H25Cl2NO3.